The molecule has 1 saturated carbocycles. The van der Waals surface area contributed by atoms with E-state index >= 15 is 0 Å². The third kappa shape index (κ3) is 5.40. The van der Waals surface area contributed by atoms with Crippen LogP contribution in [0.4, 0.5) is 14.7 Å². The Morgan fingerprint density at radius 3 is 2.47 bits per heavy atom. The van der Waals surface area contributed by atoms with Gasteiger partial charge in [0.05, 0.1) is 6.04 Å². The van der Waals surface area contributed by atoms with Crippen LogP contribution in [0.5, 0.6) is 0 Å². The van der Waals surface area contributed by atoms with Crippen molar-refractivity contribution in [3.8, 4) is 0 Å². The molecule has 4 rings (SSSR count). The number of halogens is 2. The van der Waals surface area contributed by atoms with Crippen molar-refractivity contribution in [2.24, 2.45) is 5.41 Å². The summed E-state index contributed by atoms with van der Waals surface area (Å²) in [6, 6.07) is 9.54. The molecule has 2 N–H and O–H groups in total. The lowest BCUT2D eigenvalue weighted by atomic mass is 9.88. The molecule has 2 heterocycles. The Morgan fingerprint density at radius 1 is 1.18 bits per heavy atom. The predicted octanol–water partition coefficient (Wildman–Crippen LogP) is 4.54. The molecule has 9 heteroatoms. The molecule has 1 aliphatic rings. The van der Waals surface area contributed by atoms with E-state index in [9.17, 15) is 18.4 Å². The minimum Gasteiger partial charge on any atom is -0.349 e. The molecule has 1 aliphatic carbocycles. The Labute approximate surface area is 196 Å². The maximum atomic E-state index is 13.0. The molecule has 1 unspecified atom stereocenters. The van der Waals surface area contributed by atoms with Gasteiger partial charge < -0.3 is 10.6 Å². The van der Waals surface area contributed by atoms with E-state index in [-0.39, 0.29) is 35.8 Å². The average molecular weight is 470 g/mol. The maximum absolute atomic E-state index is 13.0. The van der Waals surface area contributed by atoms with Gasteiger partial charge in [-0.05, 0) is 36.1 Å². The molecule has 3 aromatic rings. The molecule has 0 spiro atoms. The number of aromatic nitrogens is 3. The highest BCUT2D eigenvalue weighted by atomic mass is 19.3. The van der Waals surface area contributed by atoms with Gasteiger partial charge in [0.15, 0.2) is 0 Å². The normalized spacial score (nSPS) is 16.6. The van der Waals surface area contributed by atoms with E-state index in [0.29, 0.717) is 23.7 Å². The molecule has 7 nitrogen and oxygen atoms in total. The van der Waals surface area contributed by atoms with Crippen LogP contribution in [-0.2, 0) is 6.54 Å². The average Bonchev–Trinajstić information content (AvgIpc) is 2.74. The quantitative estimate of drug-likeness (QED) is 0.553. The first-order chi connectivity index (χ1) is 15.9. The van der Waals surface area contributed by atoms with Crippen LogP contribution < -0.4 is 16.2 Å². The first-order valence-corrected chi connectivity index (χ1v) is 11.3. The van der Waals surface area contributed by atoms with Gasteiger partial charge in [-0.2, -0.15) is 4.98 Å². The van der Waals surface area contributed by atoms with E-state index in [1.807, 2.05) is 6.92 Å². The zero-order valence-electron chi connectivity index (χ0n) is 19.7. The van der Waals surface area contributed by atoms with E-state index < -0.39 is 12.0 Å². The first kappa shape index (κ1) is 23.8. The molecule has 0 radical (unpaired) electrons. The molecule has 2 aromatic heterocycles. The number of carbonyl (C=O) groups excluding carboxylic acids is 1. The highest BCUT2D eigenvalue weighted by molar-refractivity contribution is 5.94. The molecule has 1 aromatic carbocycles. The van der Waals surface area contributed by atoms with E-state index in [1.54, 1.807) is 41.1 Å². The molecule has 180 valence electrons. The summed E-state index contributed by atoms with van der Waals surface area (Å²) in [5, 5.41) is 6.66. The summed E-state index contributed by atoms with van der Waals surface area (Å²) in [5.41, 5.74) is 1.67. The number of amides is 1. The SMILES string of the molecule is CC(Nc1ncc2ccc(=O)n(CC(C)(C)C)c2n1)c1ccc(C(=O)NC2CC(F)(F)C2)cc1. The predicted molar refractivity (Wildman–Crippen MR) is 127 cm³/mol. The molecule has 1 fully saturated rings. The summed E-state index contributed by atoms with van der Waals surface area (Å²) in [6.45, 7) is 8.65. The fourth-order valence-electron chi connectivity index (χ4n) is 4.00. The molecule has 1 atom stereocenters. The van der Waals surface area contributed by atoms with Gasteiger partial charge in [0.2, 0.25) is 5.95 Å². The minimum absolute atomic E-state index is 0.0997. The van der Waals surface area contributed by atoms with Crippen molar-refractivity contribution in [3.63, 3.8) is 0 Å². The highest BCUT2D eigenvalue weighted by Gasteiger charge is 2.45. The Kier molecular flexibility index (Phi) is 6.14. The number of anilines is 1. The summed E-state index contributed by atoms with van der Waals surface area (Å²) in [6.07, 6.45) is 1.06. The number of hydrogen-bond donors (Lipinski definition) is 2. The Balaban J connectivity index is 1.47. The molecule has 1 amide bonds. The van der Waals surface area contributed by atoms with Gasteiger partial charge in [-0.15, -0.1) is 0 Å². The topological polar surface area (TPSA) is 88.9 Å². The van der Waals surface area contributed by atoms with Crippen LogP contribution in [0.2, 0.25) is 0 Å². The molecule has 0 bridgehead atoms. The zero-order chi connectivity index (χ0) is 24.7. The third-order valence-electron chi connectivity index (χ3n) is 5.80. The summed E-state index contributed by atoms with van der Waals surface area (Å²) in [7, 11) is 0. The number of hydrogen-bond acceptors (Lipinski definition) is 5. The maximum Gasteiger partial charge on any atom is 0.252 e. The van der Waals surface area contributed by atoms with Crippen LogP contribution in [0.25, 0.3) is 11.0 Å². The fraction of sp³-hybridized carbons (Fsp3) is 0.440. The summed E-state index contributed by atoms with van der Waals surface area (Å²) >= 11 is 0. The van der Waals surface area contributed by atoms with Crippen molar-refractivity contribution >= 4 is 22.9 Å². The Hall–Kier alpha value is -3.36. The standard InChI is InChI=1S/C25H29F2N5O2/c1-15(16-5-7-17(8-6-16)22(34)30-19-11-25(26,27)12-19)29-23-28-13-18-9-10-20(33)32(21(18)31-23)14-24(2,3)4/h5-10,13,15,19H,11-12,14H2,1-4H3,(H,30,34)(H,28,29,31). The smallest absolute Gasteiger partial charge is 0.252 e. The lowest BCUT2D eigenvalue weighted by molar-refractivity contribution is -0.0901. The summed E-state index contributed by atoms with van der Waals surface area (Å²) < 4.78 is 27.6. The number of pyridine rings is 1. The lowest BCUT2D eigenvalue weighted by Gasteiger charge is -2.35. The molecular formula is C25H29F2N5O2. The van der Waals surface area contributed by atoms with Gasteiger partial charge in [-0.25, -0.2) is 13.8 Å². The van der Waals surface area contributed by atoms with E-state index in [2.05, 4.69) is 41.4 Å². The van der Waals surface area contributed by atoms with Crippen molar-refractivity contribution in [3.05, 3.63) is 64.1 Å². The summed E-state index contributed by atoms with van der Waals surface area (Å²) in [5.74, 6) is -2.64. The largest absolute Gasteiger partial charge is 0.349 e. The van der Waals surface area contributed by atoms with Crippen LogP contribution in [0, 0.1) is 5.41 Å². The molecule has 34 heavy (non-hydrogen) atoms. The number of alkyl halides is 2. The van der Waals surface area contributed by atoms with Crippen LogP contribution in [-0.4, -0.2) is 32.4 Å². The van der Waals surface area contributed by atoms with Crippen molar-refractivity contribution in [1.82, 2.24) is 19.9 Å². The van der Waals surface area contributed by atoms with Gasteiger partial charge in [-0.3, -0.25) is 14.2 Å². The second-order valence-electron chi connectivity index (χ2n) is 10.2. The lowest BCUT2D eigenvalue weighted by Crippen LogP contribution is -2.50. The number of nitrogens with zero attached hydrogens (tertiary/aromatic N) is 3. The molecule has 0 saturated heterocycles. The monoisotopic (exact) mass is 469 g/mol. The van der Waals surface area contributed by atoms with Crippen molar-refractivity contribution in [2.45, 2.75) is 65.1 Å². The van der Waals surface area contributed by atoms with Gasteiger partial charge in [-0.1, -0.05) is 32.9 Å². The van der Waals surface area contributed by atoms with Crippen LogP contribution in [0.15, 0.2) is 47.4 Å². The first-order valence-electron chi connectivity index (χ1n) is 11.3. The highest BCUT2D eigenvalue weighted by Crippen LogP contribution is 2.37. The van der Waals surface area contributed by atoms with Crippen molar-refractivity contribution in [2.75, 3.05) is 5.32 Å². The fourth-order valence-corrected chi connectivity index (χ4v) is 4.00. The number of nitrogens with one attached hydrogen (secondary N) is 2. The van der Waals surface area contributed by atoms with Gasteiger partial charge >= 0.3 is 0 Å². The molecule has 0 aliphatic heterocycles. The minimum atomic E-state index is -2.67. The third-order valence-corrected chi connectivity index (χ3v) is 5.80. The number of carbonyl (C=O) groups is 1. The number of benzene rings is 1. The van der Waals surface area contributed by atoms with Crippen molar-refractivity contribution < 1.29 is 13.6 Å². The van der Waals surface area contributed by atoms with Gasteiger partial charge in [0.25, 0.3) is 17.4 Å². The molecular weight excluding hydrogens is 440 g/mol. The van der Waals surface area contributed by atoms with Gasteiger partial charge in [0, 0.05) is 48.6 Å². The number of rotatable bonds is 6. The van der Waals surface area contributed by atoms with Crippen LogP contribution in [0.1, 0.15) is 62.5 Å². The Bertz CT molecular complexity index is 1260. The van der Waals surface area contributed by atoms with E-state index in [0.717, 1.165) is 10.9 Å². The van der Waals surface area contributed by atoms with E-state index in [4.69, 9.17) is 0 Å². The van der Waals surface area contributed by atoms with Crippen LogP contribution >= 0.6 is 0 Å². The summed E-state index contributed by atoms with van der Waals surface area (Å²) in [4.78, 5) is 33.8. The second kappa shape index (κ2) is 8.77. The van der Waals surface area contributed by atoms with Crippen molar-refractivity contribution in [1.29, 1.82) is 0 Å². The van der Waals surface area contributed by atoms with Gasteiger partial charge in [0.1, 0.15) is 5.65 Å². The second-order valence-corrected chi connectivity index (χ2v) is 10.2. The Morgan fingerprint density at radius 2 is 1.85 bits per heavy atom. The zero-order valence-corrected chi connectivity index (χ0v) is 19.7. The van der Waals surface area contributed by atoms with E-state index in [1.165, 1.54) is 6.07 Å². The number of fused-ring (bicyclic) bond motifs is 1. The van der Waals surface area contributed by atoms with Crippen LogP contribution in [0.3, 0.4) is 0 Å².